The van der Waals surface area contributed by atoms with Crippen LogP contribution in [0.4, 0.5) is 18.9 Å². The minimum absolute atomic E-state index is 0.598. The molecule has 28 heavy (non-hydrogen) atoms. The van der Waals surface area contributed by atoms with E-state index in [1.165, 1.54) is 30.5 Å². The molecule has 3 rings (SSSR count). The van der Waals surface area contributed by atoms with Crippen molar-refractivity contribution >= 4 is 5.69 Å². The van der Waals surface area contributed by atoms with Gasteiger partial charge in [-0.2, -0.15) is 18.3 Å². The number of aryl methyl sites for hydroxylation is 1. The number of aromatic nitrogens is 2. The molecular weight excluding hydrogens is 363 g/mol. The molecule has 0 bridgehead atoms. The van der Waals surface area contributed by atoms with E-state index in [2.05, 4.69) is 46.3 Å². The zero-order valence-electron chi connectivity index (χ0n) is 16.1. The van der Waals surface area contributed by atoms with Crippen LogP contribution in [0.5, 0.6) is 0 Å². The van der Waals surface area contributed by atoms with E-state index < -0.39 is 11.7 Å². The summed E-state index contributed by atoms with van der Waals surface area (Å²) in [5, 5.41) is 7.07. The SMILES string of the molecule is CCCCc1ccc(N(C)Cc2c[nH]nc2-c2ccc(C(F)(F)F)cc2)cc1. The average molecular weight is 387 g/mol. The maximum atomic E-state index is 12.8. The first-order chi connectivity index (χ1) is 13.4. The minimum Gasteiger partial charge on any atom is -0.370 e. The van der Waals surface area contributed by atoms with Gasteiger partial charge >= 0.3 is 6.18 Å². The molecule has 0 amide bonds. The average Bonchev–Trinajstić information content (AvgIpc) is 3.14. The topological polar surface area (TPSA) is 31.9 Å². The predicted octanol–water partition coefficient (Wildman–Crippen LogP) is 6.07. The molecule has 148 valence electrons. The molecule has 0 unspecified atom stereocenters. The fraction of sp³-hybridized carbons (Fsp3) is 0.318. The van der Waals surface area contributed by atoms with Crippen LogP contribution < -0.4 is 4.90 Å². The summed E-state index contributed by atoms with van der Waals surface area (Å²) in [5.41, 5.74) is 4.01. The molecule has 0 saturated heterocycles. The van der Waals surface area contributed by atoms with Gasteiger partial charge in [0.15, 0.2) is 0 Å². The molecule has 0 aliphatic carbocycles. The summed E-state index contributed by atoms with van der Waals surface area (Å²) in [7, 11) is 1.99. The normalized spacial score (nSPS) is 11.6. The lowest BCUT2D eigenvalue weighted by Crippen LogP contribution is -2.16. The maximum absolute atomic E-state index is 12.8. The highest BCUT2D eigenvalue weighted by Gasteiger charge is 2.30. The molecule has 0 fully saturated rings. The van der Waals surface area contributed by atoms with Gasteiger partial charge in [0.25, 0.3) is 0 Å². The number of H-pyrrole nitrogens is 1. The Balaban J connectivity index is 1.73. The Bertz CT molecular complexity index is 881. The van der Waals surface area contributed by atoms with Crippen molar-refractivity contribution in [3.8, 4) is 11.3 Å². The van der Waals surface area contributed by atoms with Gasteiger partial charge in [0.2, 0.25) is 0 Å². The van der Waals surface area contributed by atoms with Gasteiger partial charge in [-0.3, -0.25) is 5.10 Å². The Hall–Kier alpha value is -2.76. The van der Waals surface area contributed by atoms with Gasteiger partial charge < -0.3 is 4.90 Å². The number of aromatic amines is 1. The number of nitrogens with one attached hydrogen (secondary N) is 1. The number of hydrogen-bond acceptors (Lipinski definition) is 2. The summed E-state index contributed by atoms with van der Waals surface area (Å²) in [4.78, 5) is 2.10. The zero-order valence-corrected chi connectivity index (χ0v) is 16.1. The summed E-state index contributed by atoms with van der Waals surface area (Å²) in [5.74, 6) is 0. The Kier molecular flexibility index (Phi) is 6.07. The third-order valence-electron chi connectivity index (χ3n) is 4.81. The lowest BCUT2D eigenvalue weighted by atomic mass is 10.0. The van der Waals surface area contributed by atoms with Crippen LogP contribution in [-0.4, -0.2) is 17.2 Å². The highest BCUT2D eigenvalue weighted by atomic mass is 19.4. The van der Waals surface area contributed by atoms with Crippen molar-refractivity contribution in [1.82, 2.24) is 10.2 Å². The Morgan fingerprint density at radius 2 is 1.68 bits per heavy atom. The molecule has 1 N–H and O–H groups in total. The molecule has 2 aromatic carbocycles. The number of alkyl halides is 3. The van der Waals surface area contributed by atoms with Crippen molar-refractivity contribution in [3.63, 3.8) is 0 Å². The van der Waals surface area contributed by atoms with E-state index in [0.717, 1.165) is 29.8 Å². The zero-order chi connectivity index (χ0) is 20.1. The first-order valence-corrected chi connectivity index (χ1v) is 9.39. The molecule has 6 heteroatoms. The number of benzene rings is 2. The largest absolute Gasteiger partial charge is 0.416 e. The van der Waals surface area contributed by atoms with E-state index in [1.54, 1.807) is 6.20 Å². The van der Waals surface area contributed by atoms with E-state index in [9.17, 15) is 13.2 Å². The summed E-state index contributed by atoms with van der Waals surface area (Å²) >= 11 is 0. The number of hydrogen-bond donors (Lipinski definition) is 1. The molecule has 0 aliphatic heterocycles. The molecule has 0 atom stereocenters. The number of rotatable bonds is 7. The van der Waals surface area contributed by atoms with Crippen molar-refractivity contribution in [2.45, 2.75) is 38.9 Å². The highest BCUT2D eigenvalue weighted by Crippen LogP contribution is 2.31. The second-order valence-corrected chi connectivity index (χ2v) is 6.96. The fourth-order valence-corrected chi connectivity index (χ4v) is 3.15. The number of anilines is 1. The van der Waals surface area contributed by atoms with E-state index in [1.807, 2.05) is 7.05 Å². The van der Waals surface area contributed by atoms with Crippen LogP contribution in [0.3, 0.4) is 0 Å². The third kappa shape index (κ3) is 4.74. The Morgan fingerprint density at radius 1 is 1.00 bits per heavy atom. The smallest absolute Gasteiger partial charge is 0.370 e. The second-order valence-electron chi connectivity index (χ2n) is 6.96. The number of unbranched alkanes of at least 4 members (excludes halogenated alkanes) is 1. The van der Waals surface area contributed by atoms with Gasteiger partial charge in [0.05, 0.1) is 11.3 Å². The van der Waals surface area contributed by atoms with Gasteiger partial charge in [-0.25, -0.2) is 0 Å². The predicted molar refractivity (Wildman–Crippen MR) is 106 cm³/mol. The lowest BCUT2D eigenvalue weighted by molar-refractivity contribution is -0.137. The molecule has 0 saturated carbocycles. The van der Waals surface area contributed by atoms with Crippen molar-refractivity contribution in [2.24, 2.45) is 0 Å². The number of nitrogens with zero attached hydrogens (tertiary/aromatic N) is 2. The first-order valence-electron chi connectivity index (χ1n) is 9.39. The Labute approximate surface area is 163 Å². The maximum Gasteiger partial charge on any atom is 0.416 e. The first kappa shape index (κ1) is 20.0. The summed E-state index contributed by atoms with van der Waals surface area (Å²) in [6.07, 6.45) is 0.894. The standard InChI is InChI=1S/C22H24F3N3/c1-3-4-5-16-6-12-20(13-7-16)28(2)15-18-14-26-27-21(18)17-8-10-19(11-9-17)22(23,24)25/h6-14H,3-5,15H2,1-2H3,(H,26,27). The van der Waals surface area contributed by atoms with Crippen LogP contribution in [0.2, 0.25) is 0 Å². The fourth-order valence-electron chi connectivity index (χ4n) is 3.15. The van der Waals surface area contributed by atoms with Crippen LogP contribution in [0.1, 0.15) is 36.5 Å². The third-order valence-corrected chi connectivity index (χ3v) is 4.81. The molecule has 0 spiro atoms. The second kappa shape index (κ2) is 8.50. The molecule has 1 aromatic heterocycles. The van der Waals surface area contributed by atoms with E-state index in [-0.39, 0.29) is 0 Å². The van der Waals surface area contributed by atoms with Gasteiger partial charge in [-0.15, -0.1) is 0 Å². The lowest BCUT2D eigenvalue weighted by Gasteiger charge is -2.19. The molecule has 3 aromatic rings. The van der Waals surface area contributed by atoms with Crippen molar-refractivity contribution in [2.75, 3.05) is 11.9 Å². The molecule has 1 heterocycles. The van der Waals surface area contributed by atoms with Gasteiger partial charge in [0, 0.05) is 36.6 Å². The van der Waals surface area contributed by atoms with Gasteiger partial charge in [-0.05, 0) is 42.7 Å². The van der Waals surface area contributed by atoms with E-state index in [0.29, 0.717) is 17.8 Å². The summed E-state index contributed by atoms with van der Waals surface area (Å²) < 4.78 is 38.3. The Morgan fingerprint density at radius 3 is 2.29 bits per heavy atom. The number of halogens is 3. The van der Waals surface area contributed by atoms with Crippen molar-refractivity contribution in [1.29, 1.82) is 0 Å². The highest BCUT2D eigenvalue weighted by molar-refractivity contribution is 5.64. The molecule has 0 aliphatic rings. The van der Waals surface area contributed by atoms with Crippen LogP contribution in [0.25, 0.3) is 11.3 Å². The minimum atomic E-state index is -4.34. The van der Waals surface area contributed by atoms with Crippen LogP contribution >= 0.6 is 0 Å². The molecule has 0 radical (unpaired) electrons. The molecule has 3 nitrogen and oxygen atoms in total. The monoisotopic (exact) mass is 387 g/mol. The van der Waals surface area contributed by atoms with E-state index >= 15 is 0 Å². The van der Waals surface area contributed by atoms with Crippen LogP contribution in [0.15, 0.2) is 54.7 Å². The van der Waals surface area contributed by atoms with Crippen LogP contribution in [-0.2, 0) is 19.1 Å². The van der Waals surface area contributed by atoms with Gasteiger partial charge in [-0.1, -0.05) is 37.6 Å². The van der Waals surface area contributed by atoms with Gasteiger partial charge in [0.1, 0.15) is 0 Å². The van der Waals surface area contributed by atoms with E-state index in [4.69, 9.17) is 0 Å². The van der Waals surface area contributed by atoms with Crippen molar-refractivity contribution in [3.05, 3.63) is 71.4 Å². The molecular formula is C22H24F3N3. The summed E-state index contributed by atoms with van der Waals surface area (Å²) in [6, 6.07) is 13.6. The van der Waals surface area contributed by atoms with Crippen molar-refractivity contribution < 1.29 is 13.2 Å². The summed E-state index contributed by atoms with van der Waals surface area (Å²) in [6.45, 7) is 2.78. The quantitative estimate of drug-likeness (QED) is 0.533. The van der Waals surface area contributed by atoms with Crippen LogP contribution in [0, 0.1) is 0 Å².